The highest BCUT2D eigenvalue weighted by atomic mass is 32.1. The van der Waals surface area contributed by atoms with E-state index in [4.69, 9.17) is 4.74 Å². The van der Waals surface area contributed by atoms with Crippen molar-refractivity contribution >= 4 is 40.6 Å². The number of hydrogen-bond acceptors (Lipinski definition) is 6. The topological polar surface area (TPSA) is 64.1 Å². The normalized spacial score (nSPS) is 13.2. The second-order valence-electron chi connectivity index (χ2n) is 7.88. The van der Waals surface area contributed by atoms with Crippen LogP contribution >= 0.6 is 24.8 Å². The molecule has 8 heteroatoms. The lowest BCUT2D eigenvalue weighted by Crippen LogP contribution is -2.07. The molecule has 1 atom stereocenters. The zero-order chi connectivity index (χ0) is 22.6. The number of rotatable bonds is 7. The summed E-state index contributed by atoms with van der Waals surface area (Å²) >= 11 is 1.75. The number of aryl methyl sites for hydroxylation is 1. The molecule has 2 aromatic heterocycles. The molecule has 1 aliphatic heterocycles. The summed E-state index contributed by atoms with van der Waals surface area (Å²) in [5.41, 5.74) is 5.57. The minimum absolute atomic E-state index is 0. The van der Waals surface area contributed by atoms with Crippen molar-refractivity contribution in [2.24, 2.45) is 22.5 Å². The number of thiophene rings is 1. The Morgan fingerprint density at radius 1 is 1.15 bits per heavy atom. The summed E-state index contributed by atoms with van der Waals surface area (Å²) in [6, 6.07) is 16.7. The first-order valence-corrected chi connectivity index (χ1v) is 11.6. The molecular formula is C26H25N5OS2. The van der Waals surface area contributed by atoms with Crippen molar-refractivity contribution in [3.63, 3.8) is 0 Å². The van der Waals surface area contributed by atoms with E-state index in [0.717, 1.165) is 34.7 Å². The molecule has 1 aliphatic rings. The number of aromatic nitrogens is 2. The summed E-state index contributed by atoms with van der Waals surface area (Å²) in [7, 11) is 1.97. The minimum Gasteiger partial charge on any atom is -0.489 e. The predicted molar refractivity (Wildman–Crippen MR) is 143 cm³/mol. The van der Waals surface area contributed by atoms with E-state index >= 15 is 0 Å². The first-order valence-electron chi connectivity index (χ1n) is 10.8. The quantitative estimate of drug-likeness (QED) is 0.287. The molecule has 172 valence electrons. The molecule has 34 heavy (non-hydrogen) atoms. The highest BCUT2D eigenvalue weighted by Crippen LogP contribution is 2.34. The molecule has 0 aliphatic carbocycles. The van der Waals surface area contributed by atoms with Crippen LogP contribution < -0.4 is 4.74 Å². The van der Waals surface area contributed by atoms with Crippen LogP contribution in [0.3, 0.4) is 0 Å². The summed E-state index contributed by atoms with van der Waals surface area (Å²) in [6.45, 7) is 2.94. The molecule has 0 bridgehead atoms. The summed E-state index contributed by atoms with van der Waals surface area (Å²) < 4.78 is 9.26. The predicted octanol–water partition coefficient (Wildman–Crippen LogP) is 6.31. The second-order valence-corrected chi connectivity index (χ2v) is 8.80. The molecule has 0 radical (unpaired) electrons. The maximum Gasteiger partial charge on any atom is 0.119 e. The fraction of sp³-hybridized carbons (Fsp3) is 0.231. The number of hydrogen-bond donors (Lipinski definition) is 0. The Morgan fingerprint density at radius 3 is 2.71 bits per heavy atom. The Balaban J connectivity index is 0.00000274. The van der Waals surface area contributed by atoms with Gasteiger partial charge in [0.1, 0.15) is 18.9 Å². The second kappa shape index (κ2) is 10.7. The van der Waals surface area contributed by atoms with Gasteiger partial charge in [-0.05, 0) is 53.6 Å². The lowest BCUT2D eigenvalue weighted by Gasteiger charge is -2.12. The van der Waals surface area contributed by atoms with Crippen molar-refractivity contribution in [2.45, 2.75) is 25.9 Å². The maximum absolute atomic E-state index is 6.10. The fourth-order valence-electron chi connectivity index (χ4n) is 3.97. The van der Waals surface area contributed by atoms with Crippen LogP contribution in [-0.2, 0) is 13.7 Å². The molecule has 0 fully saturated rings. The summed E-state index contributed by atoms with van der Waals surface area (Å²) in [4.78, 5) is 0. The van der Waals surface area contributed by atoms with E-state index < -0.39 is 0 Å². The van der Waals surface area contributed by atoms with Crippen LogP contribution in [0, 0.1) is 11.8 Å². The largest absolute Gasteiger partial charge is 0.489 e. The molecule has 0 saturated carbocycles. The number of nitrogens with zero attached hydrogens (tertiary/aromatic N) is 5. The average Bonchev–Trinajstić information content (AvgIpc) is 3.59. The third-order valence-corrected chi connectivity index (χ3v) is 6.65. The van der Waals surface area contributed by atoms with E-state index in [0.29, 0.717) is 13.2 Å². The van der Waals surface area contributed by atoms with Gasteiger partial charge >= 0.3 is 0 Å². The Bertz CT molecular complexity index is 1410. The van der Waals surface area contributed by atoms with E-state index in [1.165, 1.54) is 15.6 Å². The third-order valence-electron chi connectivity index (χ3n) is 5.68. The average molecular weight is 488 g/mol. The van der Waals surface area contributed by atoms with Crippen molar-refractivity contribution in [1.29, 1.82) is 0 Å². The lowest BCUT2D eigenvalue weighted by molar-refractivity contribution is 0.306. The first-order chi connectivity index (χ1) is 16.2. The van der Waals surface area contributed by atoms with Crippen molar-refractivity contribution in [2.75, 3.05) is 6.54 Å². The molecule has 0 spiro atoms. The fourth-order valence-corrected chi connectivity index (χ4v) is 4.91. The van der Waals surface area contributed by atoms with Gasteiger partial charge in [0.15, 0.2) is 0 Å². The van der Waals surface area contributed by atoms with E-state index in [-0.39, 0.29) is 19.4 Å². The molecule has 5 rings (SSSR count). The Morgan fingerprint density at radius 2 is 2.00 bits per heavy atom. The highest BCUT2D eigenvalue weighted by molar-refractivity contribution is 7.59. The zero-order valence-electron chi connectivity index (χ0n) is 19.0. The third kappa shape index (κ3) is 5.06. The van der Waals surface area contributed by atoms with Gasteiger partial charge in [0.25, 0.3) is 0 Å². The van der Waals surface area contributed by atoms with Gasteiger partial charge in [-0.25, -0.2) is 0 Å². The van der Waals surface area contributed by atoms with Gasteiger partial charge in [-0.2, -0.15) is 23.7 Å². The van der Waals surface area contributed by atoms with Crippen molar-refractivity contribution in [1.82, 2.24) is 9.78 Å². The Labute approximate surface area is 209 Å². The van der Waals surface area contributed by atoms with E-state index in [1.807, 2.05) is 43.0 Å². The van der Waals surface area contributed by atoms with Crippen LogP contribution in [0.1, 0.15) is 30.4 Å². The molecule has 0 amide bonds. The molecule has 3 heterocycles. The molecule has 0 N–H and O–H groups in total. The SMILES string of the molecule is CC#C[C@@H](CC1=NN=NC1)c1ccc(OCc2ccc3scc(-c4ccnn4C)c3c2)cc1.S. The summed E-state index contributed by atoms with van der Waals surface area (Å²) in [5, 5.41) is 19.5. The van der Waals surface area contributed by atoms with Crippen LogP contribution in [-0.4, -0.2) is 22.0 Å². The molecule has 2 aromatic carbocycles. The Hall–Kier alpha value is -3.41. The minimum atomic E-state index is 0. The summed E-state index contributed by atoms with van der Waals surface area (Å²) in [6.07, 6.45) is 2.58. The lowest BCUT2D eigenvalue weighted by atomic mass is 9.94. The van der Waals surface area contributed by atoms with E-state index in [1.54, 1.807) is 11.3 Å². The van der Waals surface area contributed by atoms with Crippen LogP contribution in [0.25, 0.3) is 21.3 Å². The number of ether oxygens (including phenoxy) is 1. The number of benzene rings is 2. The molecule has 6 nitrogen and oxygen atoms in total. The van der Waals surface area contributed by atoms with Crippen molar-refractivity contribution in [3.05, 3.63) is 71.2 Å². The highest BCUT2D eigenvalue weighted by Gasteiger charge is 2.15. The summed E-state index contributed by atoms with van der Waals surface area (Å²) in [5.74, 6) is 7.22. The maximum atomic E-state index is 6.10. The Kier molecular flexibility index (Phi) is 7.46. The van der Waals surface area contributed by atoms with Gasteiger partial charge in [0, 0.05) is 40.7 Å². The standard InChI is InChI=1S/C26H23N5OS.H2S/c1-3-4-20(14-21-15-27-30-29-21)19-6-8-22(9-7-19)32-16-18-5-10-26-23(13-18)24(17-33-26)25-11-12-28-31(25)2;/h5-13,17,20H,14-16H2,1-2H3;1H2/t20-;/m0./s1. The van der Waals surface area contributed by atoms with Crippen molar-refractivity contribution in [3.8, 4) is 28.8 Å². The van der Waals surface area contributed by atoms with Crippen LogP contribution in [0.2, 0.25) is 0 Å². The smallest absolute Gasteiger partial charge is 0.119 e. The van der Waals surface area contributed by atoms with Crippen LogP contribution in [0.4, 0.5) is 0 Å². The first kappa shape index (κ1) is 23.7. The van der Waals surface area contributed by atoms with E-state index in [2.05, 4.69) is 68.1 Å². The van der Waals surface area contributed by atoms with Crippen LogP contribution in [0.15, 0.2) is 75.5 Å². The molecule has 0 saturated heterocycles. The zero-order valence-corrected chi connectivity index (χ0v) is 20.8. The van der Waals surface area contributed by atoms with Crippen molar-refractivity contribution < 1.29 is 4.74 Å². The van der Waals surface area contributed by atoms with Gasteiger partial charge in [-0.3, -0.25) is 4.68 Å². The molecule has 4 aromatic rings. The monoisotopic (exact) mass is 487 g/mol. The van der Waals surface area contributed by atoms with Gasteiger partial charge < -0.3 is 4.74 Å². The number of fused-ring (bicyclic) bond motifs is 1. The van der Waals surface area contributed by atoms with Crippen LogP contribution in [0.5, 0.6) is 5.75 Å². The van der Waals surface area contributed by atoms with Gasteiger partial charge in [0.2, 0.25) is 0 Å². The molecular weight excluding hydrogens is 462 g/mol. The molecule has 0 unspecified atom stereocenters. The van der Waals surface area contributed by atoms with Gasteiger partial charge in [-0.1, -0.05) is 24.1 Å². The van der Waals surface area contributed by atoms with Gasteiger partial charge in [0.05, 0.1) is 17.3 Å². The van der Waals surface area contributed by atoms with Gasteiger partial charge in [-0.15, -0.1) is 22.4 Å². The van der Waals surface area contributed by atoms with E-state index in [9.17, 15) is 0 Å².